The van der Waals surface area contributed by atoms with Crippen LogP contribution < -0.4 is 4.72 Å². The molecule has 0 saturated heterocycles. The first-order valence-electron chi connectivity index (χ1n) is 5.24. The number of carboxylic acids is 1. The fourth-order valence-corrected chi connectivity index (χ4v) is 3.37. The molecule has 1 aromatic carbocycles. The van der Waals surface area contributed by atoms with Gasteiger partial charge >= 0.3 is 5.97 Å². The molecule has 0 aromatic heterocycles. The Hall–Kier alpha value is -0.630. The summed E-state index contributed by atoms with van der Waals surface area (Å²) in [5.74, 6) is -1.09. The lowest BCUT2D eigenvalue weighted by atomic mass is 9.95. The number of hydrogen-bond acceptors (Lipinski definition) is 3. The molecule has 1 aromatic rings. The number of carboxylic acid groups (broad SMARTS) is 1. The molecule has 19 heavy (non-hydrogen) atoms. The van der Waals surface area contributed by atoms with Crippen LogP contribution in [-0.4, -0.2) is 26.0 Å². The maximum absolute atomic E-state index is 12.0. The van der Waals surface area contributed by atoms with E-state index in [1.807, 2.05) is 0 Å². The number of benzene rings is 1. The summed E-state index contributed by atoms with van der Waals surface area (Å²) in [6.07, 6.45) is 0. The summed E-state index contributed by atoms with van der Waals surface area (Å²) in [4.78, 5) is 10.8. The molecule has 0 radical (unpaired) electrons. The molecule has 0 unspecified atom stereocenters. The molecule has 1 rings (SSSR count). The van der Waals surface area contributed by atoms with Crippen molar-refractivity contribution in [2.24, 2.45) is 5.41 Å². The van der Waals surface area contributed by atoms with Gasteiger partial charge in [0.2, 0.25) is 10.0 Å². The number of hydrogen-bond donors (Lipinski definition) is 2. The number of rotatable bonds is 5. The van der Waals surface area contributed by atoms with Gasteiger partial charge in [-0.2, -0.15) is 0 Å². The van der Waals surface area contributed by atoms with E-state index in [2.05, 4.69) is 20.7 Å². The SMILES string of the molecule is CC(C)(CNS(=O)(=O)c1ccc(Br)cc1Cl)C(=O)O. The average molecular weight is 371 g/mol. The Morgan fingerprint density at radius 1 is 1.47 bits per heavy atom. The van der Waals surface area contributed by atoms with Crippen molar-refractivity contribution in [3.05, 3.63) is 27.7 Å². The van der Waals surface area contributed by atoms with Crippen LogP contribution in [-0.2, 0) is 14.8 Å². The van der Waals surface area contributed by atoms with Crippen LogP contribution in [0.2, 0.25) is 5.02 Å². The van der Waals surface area contributed by atoms with E-state index in [4.69, 9.17) is 16.7 Å². The van der Waals surface area contributed by atoms with E-state index in [9.17, 15) is 13.2 Å². The van der Waals surface area contributed by atoms with E-state index in [0.717, 1.165) is 0 Å². The quantitative estimate of drug-likeness (QED) is 0.834. The minimum Gasteiger partial charge on any atom is -0.481 e. The van der Waals surface area contributed by atoms with Gasteiger partial charge in [-0.3, -0.25) is 4.79 Å². The van der Waals surface area contributed by atoms with Crippen molar-refractivity contribution in [3.8, 4) is 0 Å². The van der Waals surface area contributed by atoms with Crippen LogP contribution in [0, 0.1) is 5.41 Å². The molecule has 0 aliphatic carbocycles. The van der Waals surface area contributed by atoms with Crippen molar-refractivity contribution in [2.75, 3.05) is 6.54 Å². The highest BCUT2D eigenvalue weighted by Crippen LogP contribution is 2.25. The third-order valence-corrected chi connectivity index (χ3v) is 4.84. The van der Waals surface area contributed by atoms with Gasteiger partial charge in [0.25, 0.3) is 0 Å². The molecule has 0 saturated carbocycles. The first-order valence-corrected chi connectivity index (χ1v) is 7.90. The Balaban J connectivity index is 2.97. The number of carbonyl (C=O) groups is 1. The smallest absolute Gasteiger partial charge is 0.310 e. The predicted molar refractivity (Wildman–Crippen MR) is 75.8 cm³/mol. The maximum atomic E-state index is 12.0. The molecule has 0 spiro atoms. The lowest BCUT2D eigenvalue weighted by Crippen LogP contribution is -2.38. The molecule has 0 atom stereocenters. The summed E-state index contributed by atoms with van der Waals surface area (Å²) in [5.41, 5.74) is -1.20. The molecule has 0 amide bonds. The Kier molecular flexibility index (Phi) is 5.00. The predicted octanol–water partition coefficient (Wildman–Crippen LogP) is 2.49. The molecule has 8 heteroatoms. The van der Waals surface area contributed by atoms with Crippen LogP contribution in [0.25, 0.3) is 0 Å². The molecule has 0 bridgehead atoms. The molecule has 5 nitrogen and oxygen atoms in total. The maximum Gasteiger partial charge on any atom is 0.310 e. The van der Waals surface area contributed by atoms with Crippen molar-refractivity contribution < 1.29 is 18.3 Å². The van der Waals surface area contributed by atoms with Gasteiger partial charge in [0, 0.05) is 11.0 Å². The summed E-state index contributed by atoms with van der Waals surface area (Å²) in [6.45, 7) is 2.64. The Labute approximate surface area is 125 Å². The van der Waals surface area contributed by atoms with Crippen LogP contribution in [0.5, 0.6) is 0 Å². The molecule has 0 heterocycles. The molecule has 2 N–H and O–H groups in total. The van der Waals surface area contributed by atoms with Gasteiger partial charge in [-0.05, 0) is 32.0 Å². The fraction of sp³-hybridized carbons (Fsp3) is 0.364. The number of sulfonamides is 1. The van der Waals surface area contributed by atoms with Gasteiger partial charge in [0.15, 0.2) is 0 Å². The van der Waals surface area contributed by atoms with E-state index >= 15 is 0 Å². The Morgan fingerprint density at radius 2 is 2.05 bits per heavy atom. The number of nitrogens with one attached hydrogen (secondary N) is 1. The minimum atomic E-state index is -3.84. The lowest BCUT2D eigenvalue weighted by Gasteiger charge is -2.19. The molecular formula is C11H13BrClNO4S. The van der Waals surface area contributed by atoms with Gasteiger partial charge < -0.3 is 5.11 Å². The summed E-state index contributed by atoms with van der Waals surface area (Å²) in [6, 6.07) is 4.35. The normalized spacial score (nSPS) is 12.4. The minimum absolute atomic E-state index is 0.0648. The van der Waals surface area contributed by atoms with Crippen LogP contribution in [0.4, 0.5) is 0 Å². The van der Waals surface area contributed by atoms with Crippen molar-refractivity contribution >= 4 is 43.5 Å². The highest BCUT2D eigenvalue weighted by Gasteiger charge is 2.29. The summed E-state index contributed by atoms with van der Waals surface area (Å²) < 4.78 is 27.0. The van der Waals surface area contributed by atoms with Gasteiger partial charge in [0.05, 0.1) is 10.4 Å². The molecule has 106 valence electrons. The molecule has 0 aliphatic rings. The topological polar surface area (TPSA) is 83.5 Å². The third-order valence-electron chi connectivity index (χ3n) is 2.47. The largest absolute Gasteiger partial charge is 0.481 e. The van der Waals surface area contributed by atoms with Gasteiger partial charge in [0.1, 0.15) is 4.90 Å². The summed E-state index contributed by atoms with van der Waals surface area (Å²) >= 11 is 9.04. The van der Waals surface area contributed by atoms with E-state index in [1.165, 1.54) is 26.0 Å². The van der Waals surface area contributed by atoms with Crippen LogP contribution >= 0.6 is 27.5 Å². The standard InChI is InChI=1S/C11H13BrClNO4S/c1-11(2,10(15)16)6-14-19(17,18)9-4-3-7(12)5-8(9)13/h3-5,14H,6H2,1-2H3,(H,15,16). The first kappa shape index (κ1) is 16.4. The highest BCUT2D eigenvalue weighted by molar-refractivity contribution is 9.10. The van der Waals surface area contributed by atoms with Crippen LogP contribution in [0.15, 0.2) is 27.6 Å². The number of aliphatic carboxylic acids is 1. The Bertz CT molecular complexity index is 601. The number of halogens is 2. The first-order chi connectivity index (χ1) is 8.56. The third kappa shape index (κ3) is 4.17. The van der Waals surface area contributed by atoms with Gasteiger partial charge in [-0.15, -0.1) is 0 Å². The lowest BCUT2D eigenvalue weighted by molar-refractivity contribution is -0.146. The zero-order valence-corrected chi connectivity index (χ0v) is 13.4. The van der Waals surface area contributed by atoms with Crippen molar-refractivity contribution in [2.45, 2.75) is 18.7 Å². The second-order valence-corrected chi connectivity index (χ2v) is 7.65. The van der Waals surface area contributed by atoms with E-state index in [-0.39, 0.29) is 16.5 Å². The molecule has 0 fully saturated rings. The van der Waals surface area contributed by atoms with E-state index < -0.39 is 21.4 Å². The second kappa shape index (κ2) is 5.78. The highest BCUT2D eigenvalue weighted by atomic mass is 79.9. The van der Waals surface area contributed by atoms with Gasteiger partial charge in [-0.1, -0.05) is 27.5 Å². The molecular weight excluding hydrogens is 358 g/mol. The fourth-order valence-electron chi connectivity index (χ4n) is 1.12. The van der Waals surface area contributed by atoms with E-state index in [0.29, 0.717) is 4.47 Å². The Morgan fingerprint density at radius 3 is 2.53 bits per heavy atom. The zero-order chi connectivity index (χ0) is 14.8. The van der Waals surface area contributed by atoms with Crippen molar-refractivity contribution in [1.29, 1.82) is 0 Å². The van der Waals surface area contributed by atoms with Gasteiger partial charge in [-0.25, -0.2) is 13.1 Å². The zero-order valence-electron chi connectivity index (χ0n) is 10.3. The van der Waals surface area contributed by atoms with Crippen molar-refractivity contribution in [3.63, 3.8) is 0 Å². The average Bonchev–Trinajstić information content (AvgIpc) is 2.26. The monoisotopic (exact) mass is 369 g/mol. The second-order valence-electron chi connectivity index (χ2n) is 4.59. The summed E-state index contributed by atoms with van der Waals surface area (Å²) in [7, 11) is -3.84. The summed E-state index contributed by atoms with van der Waals surface area (Å²) in [5, 5.41) is 9.00. The van der Waals surface area contributed by atoms with Crippen molar-refractivity contribution in [1.82, 2.24) is 4.72 Å². The van der Waals surface area contributed by atoms with Crippen LogP contribution in [0.3, 0.4) is 0 Å². The van der Waals surface area contributed by atoms with E-state index in [1.54, 1.807) is 6.07 Å². The van der Waals surface area contributed by atoms with Crippen LogP contribution in [0.1, 0.15) is 13.8 Å². The molecule has 0 aliphatic heterocycles.